The Morgan fingerprint density at radius 2 is 1.84 bits per heavy atom. The Hall–Kier alpha value is -0.610. The van der Waals surface area contributed by atoms with Crippen molar-refractivity contribution in [2.75, 3.05) is 14.1 Å². The first-order valence-electron chi connectivity index (χ1n) is 7.78. The molecular formula is C15H29N3O. The van der Waals surface area contributed by atoms with Gasteiger partial charge in [-0.1, -0.05) is 6.42 Å². The van der Waals surface area contributed by atoms with Crippen LogP contribution in [0.2, 0.25) is 0 Å². The quantitative estimate of drug-likeness (QED) is 0.814. The summed E-state index contributed by atoms with van der Waals surface area (Å²) >= 11 is 0. The van der Waals surface area contributed by atoms with Gasteiger partial charge >= 0.3 is 0 Å². The van der Waals surface area contributed by atoms with E-state index in [0.29, 0.717) is 12.1 Å². The van der Waals surface area contributed by atoms with Gasteiger partial charge in [-0.3, -0.25) is 4.79 Å². The Morgan fingerprint density at radius 1 is 1.11 bits per heavy atom. The minimum Gasteiger partial charge on any atom is -0.353 e. The van der Waals surface area contributed by atoms with Crippen molar-refractivity contribution in [3.8, 4) is 0 Å². The summed E-state index contributed by atoms with van der Waals surface area (Å²) in [6.45, 7) is 0. The van der Waals surface area contributed by atoms with Crippen molar-refractivity contribution in [2.45, 2.75) is 69.5 Å². The van der Waals surface area contributed by atoms with Gasteiger partial charge in [0.25, 0.3) is 0 Å². The molecule has 3 N–H and O–H groups in total. The highest BCUT2D eigenvalue weighted by Crippen LogP contribution is 2.25. The second-order valence-corrected chi connectivity index (χ2v) is 6.61. The first-order chi connectivity index (χ1) is 9.06. The minimum atomic E-state index is 0.156. The van der Waals surface area contributed by atoms with Gasteiger partial charge in [0, 0.05) is 24.0 Å². The first-order valence-corrected chi connectivity index (χ1v) is 7.78. The van der Waals surface area contributed by atoms with Crippen molar-refractivity contribution in [1.29, 1.82) is 0 Å². The van der Waals surface area contributed by atoms with Crippen molar-refractivity contribution in [3.63, 3.8) is 0 Å². The SMILES string of the molecule is CN(C)C1CCCC(NC(=O)C2CCCC(N)C2)C1. The van der Waals surface area contributed by atoms with Gasteiger partial charge in [0.05, 0.1) is 0 Å². The molecule has 4 nitrogen and oxygen atoms in total. The van der Waals surface area contributed by atoms with Crippen LogP contribution in [0.15, 0.2) is 0 Å². The normalized spacial score (nSPS) is 36.2. The van der Waals surface area contributed by atoms with E-state index in [-0.39, 0.29) is 17.9 Å². The molecule has 4 unspecified atom stereocenters. The van der Waals surface area contributed by atoms with Crippen LogP contribution in [0.25, 0.3) is 0 Å². The monoisotopic (exact) mass is 267 g/mol. The molecular weight excluding hydrogens is 238 g/mol. The lowest BCUT2D eigenvalue weighted by Gasteiger charge is -2.35. The maximum absolute atomic E-state index is 12.3. The van der Waals surface area contributed by atoms with E-state index in [9.17, 15) is 4.79 Å². The lowest BCUT2D eigenvalue weighted by molar-refractivity contribution is -0.127. The summed E-state index contributed by atoms with van der Waals surface area (Å²) in [4.78, 5) is 14.6. The molecule has 2 aliphatic rings. The zero-order valence-electron chi connectivity index (χ0n) is 12.4. The summed E-state index contributed by atoms with van der Waals surface area (Å²) in [5.41, 5.74) is 5.97. The molecule has 4 heteroatoms. The predicted octanol–water partition coefficient (Wildman–Crippen LogP) is 1.49. The van der Waals surface area contributed by atoms with Gasteiger partial charge in [0.15, 0.2) is 0 Å². The molecule has 4 atom stereocenters. The van der Waals surface area contributed by atoms with E-state index in [1.54, 1.807) is 0 Å². The van der Waals surface area contributed by atoms with Crippen LogP contribution in [-0.2, 0) is 4.79 Å². The number of nitrogens with zero attached hydrogens (tertiary/aromatic N) is 1. The lowest BCUT2D eigenvalue weighted by atomic mass is 9.84. The molecule has 0 aromatic heterocycles. The molecule has 2 rings (SSSR count). The second-order valence-electron chi connectivity index (χ2n) is 6.61. The molecule has 0 aromatic carbocycles. The number of nitrogens with two attached hydrogens (primary N) is 1. The molecule has 2 fully saturated rings. The van der Waals surface area contributed by atoms with E-state index < -0.39 is 0 Å². The van der Waals surface area contributed by atoms with Crippen LogP contribution >= 0.6 is 0 Å². The highest BCUT2D eigenvalue weighted by atomic mass is 16.1. The van der Waals surface area contributed by atoms with Gasteiger partial charge in [-0.25, -0.2) is 0 Å². The molecule has 0 bridgehead atoms. The van der Waals surface area contributed by atoms with E-state index >= 15 is 0 Å². The minimum absolute atomic E-state index is 0.156. The van der Waals surface area contributed by atoms with Crippen molar-refractivity contribution in [3.05, 3.63) is 0 Å². The van der Waals surface area contributed by atoms with E-state index in [1.165, 1.54) is 12.8 Å². The van der Waals surface area contributed by atoms with E-state index in [0.717, 1.165) is 38.5 Å². The first kappa shape index (κ1) is 14.8. The van der Waals surface area contributed by atoms with Crippen molar-refractivity contribution < 1.29 is 4.79 Å². The van der Waals surface area contributed by atoms with E-state index in [4.69, 9.17) is 5.73 Å². The standard InChI is InChI=1S/C15H29N3O/c1-18(2)14-8-4-7-13(10-14)17-15(19)11-5-3-6-12(16)9-11/h11-14H,3-10,16H2,1-2H3,(H,17,19). The fraction of sp³-hybridized carbons (Fsp3) is 0.933. The smallest absolute Gasteiger partial charge is 0.223 e. The van der Waals surface area contributed by atoms with Crippen LogP contribution in [0.3, 0.4) is 0 Å². The third kappa shape index (κ3) is 4.18. The van der Waals surface area contributed by atoms with Gasteiger partial charge < -0.3 is 16.0 Å². The average molecular weight is 267 g/mol. The van der Waals surface area contributed by atoms with Gasteiger partial charge in [-0.15, -0.1) is 0 Å². The molecule has 19 heavy (non-hydrogen) atoms. The molecule has 2 aliphatic carbocycles. The van der Waals surface area contributed by atoms with Crippen LogP contribution < -0.4 is 11.1 Å². The van der Waals surface area contributed by atoms with E-state index in [2.05, 4.69) is 24.3 Å². The molecule has 0 heterocycles. The fourth-order valence-electron chi connectivity index (χ4n) is 3.55. The fourth-order valence-corrected chi connectivity index (χ4v) is 3.55. The Labute approximate surface area is 117 Å². The van der Waals surface area contributed by atoms with Gasteiger partial charge in [-0.05, 0) is 59.0 Å². The molecule has 0 aliphatic heterocycles. The van der Waals surface area contributed by atoms with Crippen molar-refractivity contribution in [1.82, 2.24) is 10.2 Å². The van der Waals surface area contributed by atoms with Gasteiger partial charge in [0.2, 0.25) is 5.91 Å². The summed E-state index contributed by atoms with van der Waals surface area (Å²) in [6, 6.07) is 1.21. The maximum Gasteiger partial charge on any atom is 0.223 e. The van der Waals surface area contributed by atoms with Gasteiger partial charge in [-0.2, -0.15) is 0 Å². The number of carbonyl (C=O) groups excluding carboxylic acids is 1. The molecule has 0 radical (unpaired) electrons. The van der Waals surface area contributed by atoms with E-state index in [1.807, 2.05) is 0 Å². The lowest BCUT2D eigenvalue weighted by Crippen LogP contribution is -2.46. The van der Waals surface area contributed by atoms with Gasteiger partial charge in [0.1, 0.15) is 0 Å². The summed E-state index contributed by atoms with van der Waals surface area (Å²) < 4.78 is 0. The zero-order chi connectivity index (χ0) is 13.8. The molecule has 0 spiro atoms. The Balaban J connectivity index is 1.81. The summed E-state index contributed by atoms with van der Waals surface area (Å²) in [7, 11) is 4.27. The molecule has 110 valence electrons. The zero-order valence-corrected chi connectivity index (χ0v) is 12.4. The Bertz CT molecular complexity index is 306. The largest absolute Gasteiger partial charge is 0.353 e. The van der Waals surface area contributed by atoms with Crippen LogP contribution in [0.1, 0.15) is 51.4 Å². The predicted molar refractivity (Wildman–Crippen MR) is 77.8 cm³/mol. The van der Waals surface area contributed by atoms with Crippen LogP contribution in [0.4, 0.5) is 0 Å². The molecule has 0 aromatic rings. The summed E-state index contributed by atoms with van der Waals surface area (Å²) in [5, 5.41) is 3.27. The third-order valence-electron chi connectivity index (χ3n) is 4.81. The Kier molecular flexibility index (Phi) is 5.22. The number of hydrogen-bond acceptors (Lipinski definition) is 3. The number of hydrogen-bond donors (Lipinski definition) is 2. The number of amides is 1. The summed E-state index contributed by atoms with van der Waals surface area (Å²) in [5.74, 6) is 0.406. The molecule has 1 amide bonds. The van der Waals surface area contributed by atoms with Crippen LogP contribution in [0, 0.1) is 5.92 Å². The maximum atomic E-state index is 12.3. The Morgan fingerprint density at radius 3 is 2.53 bits per heavy atom. The van der Waals surface area contributed by atoms with Crippen LogP contribution in [0.5, 0.6) is 0 Å². The number of rotatable bonds is 3. The number of carbonyl (C=O) groups is 1. The topological polar surface area (TPSA) is 58.4 Å². The highest BCUT2D eigenvalue weighted by molar-refractivity contribution is 5.79. The molecule has 2 saturated carbocycles. The third-order valence-corrected chi connectivity index (χ3v) is 4.81. The second kappa shape index (κ2) is 6.71. The summed E-state index contributed by atoms with van der Waals surface area (Å²) in [6.07, 6.45) is 8.77. The van der Waals surface area contributed by atoms with Crippen molar-refractivity contribution >= 4 is 5.91 Å². The number of nitrogens with one attached hydrogen (secondary N) is 1. The molecule has 0 saturated heterocycles. The van der Waals surface area contributed by atoms with Crippen LogP contribution in [-0.4, -0.2) is 43.0 Å². The van der Waals surface area contributed by atoms with Crippen molar-refractivity contribution in [2.24, 2.45) is 11.7 Å². The average Bonchev–Trinajstić information content (AvgIpc) is 2.39. The highest BCUT2D eigenvalue weighted by Gasteiger charge is 2.29.